The van der Waals surface area contributed by atoms with E-state index in [-0.39, 0.29) is 42.8 Å². The summed E-state index contributed by atoms with van der Waals surface area (Å²) in [5.41, 5.74) is 16.2. The van der Waals surface area contributed by atoms with Gasteiger partial charge in [0.15, 0.2) is 5.96 Å². The molecule has 0 saturated carbocycles. The van der Waals surface area contributed by atoms with Gasteiger partial charge in [0.1, 0.15) is 24.0 Å². The molecule has 5 N–H and O–H groups in total. The van der Waals surface area contributed by atoms with Crippen LogP contribution in [0.1, 0.15) is 66.0 Å². The van der Waals surface area contributed by atoms with Crippen LogP contribution in [-0.4, -0.2) is 60.6 Å². The van der Waals surface area contributed by atoms with E-state index in [0.29, 0.717) is 38.7 Å². The Labute approximate surface area is 269 Å². The van der Waals surface area contributed by atoms with E-state index in [4.69, 9.17) is 20.9 Å². The zero-order chi connectivity index (χ0) is 33.6. The highest BCUT2D eigenvalue weighted by molar-refractivity contribution is 7.89. The van der Waals surface area contributed by atoms with Crippen LogP contribution in [0.4, 0.5) is 4.79 Å². The molecule has 1 atom stereocenters. The molecule has 1 amide bonds. The van der Waals surface area contributed by atoms with Crippen LogP contribution in [0.3, 0.4) is 0 Å². The van der Waals surface area contributed by atoms with Crippen LogP contribution in [0.5, 0.6) is 5.75 Å². The number of amides is 1. The maximum atomic E-state index is 14.7. The number of carboxylic acids is 1. The minimum Gasteiger partial charge on any atom is -0.487 e. The zero-order valence-electron chi connectivity index (χ0n) is 26.7. The molecule has 2 aliphatic rings. The lowest BCUT2D eigenvalue weighted by molar-refractivity contribution is -0.141. The van der Waals surface area contributed by atoms with Crippen LogP contribution in [0.25, 0.3) is 11.1 Å². The number of rotatable bonds is 10. The van der Waals surface area contributed by atoms with E-state index in [1.54, 1.807) is 20.8 Å². The highest BCUT2D eigenvalue weighted by atomic mass is 32.2. The van der Waals surface area contributed by atoms with Crippen molar-refractivity contribution in [2.45, 2.75) is 76.3 Å². The summed E-state index contributed by atoms with van der Waals surface area (Å²) in [5.74, 6) is -1.44. The van der Waals surface area contributed by atoms with Gasteiger partial charge in [0, 0.05) is 24.4 Å². The van der Waals surface area contributed by atoms with E-state index < -0.39 is 33.7 Å². The fraction of sp³-hybridized carbons (Fsp3) is 0.382. The van der Waals surface area contributed by atoms with E-state index >= 15 is 0 Å². The topological polar surface area (TPSA) is 175 Å². The van der Waals surface area contributed by atoms with Crippen molar-refractivity contribution in [3.05, 3.63) is 81.9 Å². The van der Waals surface area contributed by atoms with Crippen LogP contribution >= 0.6 is 0 Å². The molecule has 1 heterocycles. The average molecular weight is 649 g/mol. The number of benzene rings is 3. The number of sulfonamides is 1. The second kappa shape index (κ2) is 12.3. The molecule has 0 aromatic heterocycles. The smallest absolute Gasteiger partial charge is 0.424 e. The number of fused-ring (bicyclic) bond motifs is 4. The Balaban J connectivity index is 1.56. The number of nitrogens with zero attached hydrogens (tertiary/aromatic N) is 2. The number of ether oxygens (including phenoxy) is 2. The van der Waals surface area contributed by atoms with E-state index in [2.05, 4.69) is 4.99 Å². The van der Waals surface area contributed by atoms with Gasteiger partial charge in [-0.2, -0.15) is 4.31 Å². The van der Waals surface area contributed by atoms with Crippen molar-refractivity contribution in [3.8, 4) is 16.9 Å². The Bertz CT molecular complexity index is 1800. The Kier molecular flexibility index (Phi) is 8.78. The fourth-order valence-corrected chi connectivity index (χ4v) is 8.64. The molecule has 1 aliphatic carbocycles. The molecule has 5 rings (SSSR count). The molecule has 0 unspecified atom stereocenters. The lowest BCUT2D eigenvalue weighted by atomic mass is 9.94. The number of nitrogens with two attached hydrogens (primary N) is 2. The highest BCUT2D eigenvalue weighted by Crippen LogP contribution is 2.46. The molecule has 46 heavy (non-hydrogen) atoms. The second-order valence-electron chi connectivity index (χ2n) is 12.5. The summed E-state index contributed by atoms with van der Waals surface area (Å²) in [5, 5.41) is 10.3. The Morgan fingerprint density at radius 1 is 1.02 bits per heavy atom. The van der Waals surface area contributed by atoms with Gasteiger partial charge in [-0.1, -0.05) is 48.5 Å². The standard InChI is InChI=1S/C34H40N4O7S/c1-19-20(2)30(21(3)26-17-34(4,5)45-29(19)26)46(42,43)38(28(31(39)40)15-10-16-37-32(35)36)33(41)44-18-27-24-13-8-6-11-22(24)23-12-7-9-14-25(23)27/h6-9,11-14,27-28H,10,15-18H2,1-5H3,(H,39,40)(H4,35,36,37)/t28-/m0/s1. The molecule has 3 aromatic rings. The van der Waals surface area contributed by atoms with Crippen molar-refractivity contribution in [1.29, 1.82) is 0 Å². The van der Waals surface area contributed by atoms with Gasteiger partial charge < -0.3 is 26.0 Å². The monoisotopic (exact) mass is 648 g/mol. The largest absolute Gasteiger partial charge is 0.487 e. The second-order valence-corrected chi connectivity index (χ2v) is 14.2. The number of carbonyl (C=O) groups excluding carboxylic acids is 1. The van der Waals surface area contributed by atoms with Gasteiger partial charge in [-0.25, -0.2) is 18.0 Å². The third-order valence-electron chi connectivity index (χ3n) is 8.82. The first-order chi connectivity index (χ1) is 21.7. The van der Waals surface area contributed by atoms with Gasteiger partial charge in [0.2, 0.25) is 0 Å². The van der Waals surface area contributed by atoms with E-state index in [1.165, 1.54) is 0 Å². The van der Waals surface area contributed by atoms with Crippen molar-refractivity contribution < 1.29 is 32.6 Å². The van der Waals surface area contributed by atoms with Crippen molar-refractivity contribution in [3.63, 3.8) is 0 Å². The molecule has 0 saturated heterocycles. The van der Waals surface area contributed by atoms with E-state index in [1.807, 2.05) is 62.4 Å². The predicted molar refractivity (Wildman–Crippen MR) is 174 cm³/mol. The summed E-state index contributed by atoms with van der Waals surface area (Å²) in [6, 6.07) is 13.7. The van der Waals surface area contributed by atoms with Gasteiger partial charge in [-0.15, -0.1) is 0 Å². The number of carbonyl (C=O) groups is 2. The highest BCUT2D eigenvalue weighted by Gasteiger charge is 2.45. The third kappa shape index (κ3) is 5.89. The number of guanidine groups is 1. The number of aliphatic carboxylic acids is 1. The summed E-state index contributed by atoms with van der Waals surface area (Å²) in [4.78, 5) is 30.5. The zero-order valence-corrected chi connectivity index (χ0v) is 27.5. The normalized spacial score (nSPS) is 15.2. The summed E-state index contributed by atoms with van der Waals surface area (Å²) >= 11 is 0. The van der Waals surface area contributed by atoms with Crippen LogP contribution in [0.2, 0.25) is 0 Å². The average Bonchev–Trinajstić information content (AvgIpc) is 3.50. The number of carboxylic acid groups (broad SMARTS) is 1. The SMILES string of the molecule is Cc1c(C)c(S(=O)(=O)N(C(=O)OCC2c3ccccc3-c3ccccc32)[C@@H](CCCN=C(N)N)C(=O)O)c(C)c2c1OC(C)(C)C2. The molecule has 0 spiro atoms. The van der Waals surface area contributed by atoms with E-state index in [0.717, 1.165) is 22.3 Å². The Hall–Kier alpha value is -4.58. The first kappa shape index (κ1) is 32.8. The number of hydrogen-bond donors (Lipinski definition) is 3. The van der Waals surface area contributed by atoms with Gasteiger partial charge >= 0.3 is 12.1 Å². The molecule has 0 bridgehead atoms. The van der Waals surface area contributed by atoms with Gasteiger partial charge in [-0.05, 0) is 86.4 Å². The van der Waals surface area contributed by atoms with Crippen LogP contribution in [-0.2, 0) is 26.0 Å². The van der Waals surface area contributed by atoms with Crippen LogP contribution in [0.15, 0.2) is 58.4 Å². The first-order valence-electron chi connectivity index (χ1n) is 15.1. The predicted octanol–water partition coefficient (Wildman–Crippen LogP) is 4.77. The lowest BCUT2D eigenvalue weighted by Gasteiger charge is -2.30. The quantitative estimate of drug-likeness (QED) is 0.159. The molecule has 3 aromatic carbocycles. The van der Waals surface area contributed by atoms with Crippen molar-refractivity contribution in [2.24, 2.45) is 16.5 Å². The molecule has 1 aliphatic heterocycles. The minimum atomic E-state index is -4.77. The molecule has 0 radical (unpaired) electrons. The summed E-state index contributed by atoms with van der Waals surface area (Å²) in [6.45, 7) is 8.73. The van der Waals surface area contributed by atoms with Crippen LogP contribution < -0.4 is 16.2 Å². The molecular formula is C34H40N4O7S. The Morgan fingerprint density at radius 3 is 2.17 bits per heavy atom. The van der Waals surface area contributed by atoms with Crippen molar-refractivity contribution in [1.82, 2.24) is 4.31 Å². The maximum Gasteiger partial charge on any atom is 0.424 e. The minimum absolute atomic E-state index is 0.0487. The molecule has 244 valence electrons. The molecule has 0 fully saturated rings. The third-order valence-corrected chi connectivity index (χ3v) is 10.9. The fourth-order valence-electron chi connectivity index (χ4n) is 6.61. The summed E-state index contributed by atoms with van der Waals surface area (Å²) in [6.07, 6.45) is -0.970. The molecular weight excluding hydrogens is 608 g/mol. The van der Waals surface area contributed by atoms with Gasteiger partial charge in [0.05, 0.1) is 4.90 Å². The Morgan fingerprint density at radius 2 is 1.61 bits per heavy atom. The summed E-state index contributed by atoms with van der Waals surface area (Å²) < 4.78 is 41.6. The van der Waals surface area contributed by atoms with Crippen LogP contribution in [0, 0.1) is 20.8 Å². The van der Waals surface area contributed by atoms with Crippen molar-refractivity contribution >= 4 is 28.0 Å². The summed E-state index contributed by atoms with van der Waals surface area (Å²) in [7, 11) is -4.77. The maximum absolute atomic E-state index is 14.7. The van der Waals surface area contributed by atoms with Gasteiger partial charge in [-0.3, -0.25) is 4.99 Å². The van der Waals surface area contributed by atoms with E-state index in [9.17, 15) is 23.1 Å². The van der Waals surface area contributed by atoms with Gasteiger partial charge in [0.25, 0.3) is 10.0 Å². The van der Waals surface area contributed by atoms with Crippen molar-refractivity contribution in [2.75, 3.05) is 13.2 Å². The first-order valence-corrected chi connectivity index (χ1v) is 16.6. The number of aliphatic imine (C=N–C) groups is 1. The molecule has 12 heteroatoms. The lowest BCUT2D eigenvalue weighted by Crippen LogP contribution is -2.49. The number of hydrogen-bond acceptors (Lipinski definition) is 7. The molecule has 11 nitrogen and oxygen atoms in total.